The summed E-state index contributed by atoms with van der Waals surface area (Å²) >= 11 is 0. The molecule has 4 rings (SSSR count). The van der Waals surface area contributed by atoms with E-state index in [0.29, 0.717) is 25.6 Å². The number of nitrogens with zero attached hydrogens (tertiary/aromatic N) is 4. The highest BCUT2D eigenvalue weighted by Crippen LogP contribution is 2.23. The molecule has 0 saturated carbocycles. The summed E-state index contributed by atoms with van der Waals surface area (Å²) in [6.45, 7) is 3.81. The van der Waals surface area contributed by atoms with E-state index < -0.39 is 0 Å². The monoisotopic (exact) mass is 376 g/mol. The van der Waals surface area contributed by atoms with Crippen molar-refractivity contribution in [3.63, 3.8) is 0 Å². The van der Waals surface area contributed by atoms with Crippen molar-refractivity contribution in [2.75, 3.05) is 18.0 Å². The third-order valence-corrected chi connectivity index (χ3v) is 4.93. The fraction of sp³-hybridized carbons (Fsp3) is 0.227. The van der Waals surface area contributed by atoms with Crippen molar-refractivity contribution >= 4 is 11.5 Å². The Bertz CT molecular complexity index is 1060. The Morgan fingerprint density at radius 3 is 2.46 bits per heavy atom. The van der Waals surface area contributed by atoms with Gasteiger partial charge in [-0.05, 0) is 42.2 Å². The molecular weight excluding hydrogens is 355 g/mol. The molecule has 1 aromatic heterocycles. The average molecular weight is 376 g/mol. The zero-order valence-electron chi connectivity index (χ0n) is 15.7. The maximum Gasteiger partial charge on any atom is 0.352 e. The van der Waals surface area contributed by atoms with Crippen molar-refractivity contribution in [1.82, 2.24) is 14.5 Å². The van der Waals surface area contributed by atoms with E-state index in [1.54, 1.807) is 18.5 Å². The molecule has 0 N–H and O–H groups in total. The van der Waals surface area contributed by atoms with Crippen LogP contribution in [0.5, 0.6) is 0 Å². The number of benzene rings is 2. The molecule has 0 aliphatic carbocycles. The van der Waals surface area contributed by atoms with Crippen LogP contribution < -0.4 is 10.6 Å². The van der Waals surface area contributed by atoms with E-state index in [9.17, 15) is 9.18 Å². The van der Waals surface area contributed by atoms with Gasteiger partial charge in [-0.3, -0.25) is 4.57 Å². The molecule has 0 amide bonds. The Kier molecular flexibility index (Phi) is 5.02. The first-order valence-electron chi connectivity index (χ1n) is 9.27. The molecule has 0 bridgehead atoms. The van der Waals surface area contributed by atoms with E-state index in [1.807, 2.05) is 36.1 Å². The lowest BCUT2D eigenvalue weighted by Gasteiger charge is -2.26. The van der Waals surface area contributed by atoms with Crippen LogP contribution in [0.3, 0.4) is 0 Å². The summed E-state index contributed by atoms with van der Waals surface area (Å²) in [4.78, 5) is 22.9. The summed E-state index contributed by atoms with van der Waals surface area (Å²) < 4.78 is 14.6. The molecule has 1 aliphatic heterocycles. The van der Waals surface area contributed by atoms with E-state index in [4.69, 9.17) is 0 Å². The quantitative estimate of drug-likeness (QED) is 0.700. The third-order valence-electron chi connectivity index (χ3n) is 4.93. The molecule has 28 heavy (non-hydrogen) atoms. The van der Waals surface area contributed by atoms with Crippen LogP contribution in [0.25, 0.3) is 5.57 Å². The van der Waals surface area contributed by atoms with Crippen molar-refractivity contribution in [2.24, 2.45) is 0 Å². The van der Waals surface area contributed by atoms with Crippen LogP contribution >= 0.6 is 0 Å². The molecule has 0 saturated heterocycles. The first kappa shape index (κ1) is 18.1. The Morgan fingerprint density at radius 1 is 1.07 bits per heavy atom. The molecule has 0 atom stereocenters. The lowest BCUT2D eigenvalue weighted by Crippen LogP contribution is -2.34. The molecule has 0 unspecified atom stereocenters. The van der Waals surface area contributed by atoms with Crippen LogP contribution in [0.2, 0.25) is 0 Å². The van der Waals surface area contributed by atoms with Gasteiger partial charge in [-0.1, -0.05) is 48.0 Å². The number of halogens is 1. The summed E-state index contributed by atoms with van der Waals surface area (Å²) in [5, 5.41) is 0. The number of hydrogen-bond acceptors (Lipinski definition) is 4. The van der Waals surface area contributed by atoms with Gasteiger partial charge in [-0.15, -0.1) is 0 Å². The predicted molar refractivity (Wildman–Crippen MR) is 108 cm³/mol. The molecule has 0 spiro atoms. The molecule has 142 valence electrons. The highest BCUT2D eigenvalue weighted by Gasteiger charge is 2.16. The van der Waals surface area contributed by atoms with Gasteiger partial charge in [0.05, 0.1) is 6.54 Å². The summed E-state index contributed by atoms with van der Waals surface area (Å²) in [6, 6.07) is 14.6. The van der Waals surface area contributed by atoms with Crippen molar-refractivity contribution in [2.45, 2.75) is 19.9 Å². The van der Waals surface area contributed by atoms with Gasteiger partial charge in [0.1, 0.15) is 12.1 Å². The normalized spacial score (nSPS) is 14.1. The van der Waals surface area contributed by atoms with E-state index in [2.05, 4.69) is 16.0 Å². The van der Waals surface area contributed by atoms with E-state index in [0.717, 1.165) is 17.5 Å². The van der Waals surface area contributed by atoms with E-state index >= 15 is 0 Å². The van der Waals surface area contributed by atoms with Gasteiger partial charge in [0.15, 0.2) is 0 Å². The molecule has 2 heterocycles. The zero-order chi connectivity index (χ0) is 19.5. The predicted octanol–water partition coefficient (Wildman–Crippen LogP) is 3.43. The Hall–Kier alpha value is -3.28. The molecular formula is C22H21FN4O. The Labute approximate surface area is 162 Å². The number of aromatic nitrogens is 3. The average Bonchev–Trinajstić information content (AvgIpc) is 2.72. The number of anilines is 1. The van der Waals surface area contributed by atoms with Crippen molar-refractivity contribution in [3.05, 3.63) is 93.9 Å². The minimum atomic E-state index is -0.307. The van der Waals surface area contributed by atoms with Crippen LogP contribution in [0, 0.1) is 12.7 Å². The second-order valence-electron chi connectivity index (χ2n) is 6.98. The largest absolute Gasteiger partial charge is 0.352 e. The molecule has 0 fully saturated rings. The van der Waals surface area contributed by atoms with Gasteiger partial charge in [-0.25, -0.2) is 14.2 Å². The van der Waals surface area contributed by atoms with Crippen LogP contribution in [0.15, 0.2) is 65.7 Å². The minimum Gasteiger partial charge on any atom is -0.337 e. The maximum atomic E-state index is 13.1. The number of aryl methyl sites for hydroxylation is 1. The standard InChI is InChI=1S/C22H21FN4O/c1-16-2-4-17(5-3-16)14-27-15-24-21(25-22(27)28)26-12-10-19(11-13-26)18-6-8-20(23)9-7-18/h2-10,15H,11-14H2,1H3. The van der Waals surface area contributed by atoms with Crippen LogP contribution in [-0.2, 0) is 6.54 Å². The molecule has 1 aliphatic rings. The first-order valence-corrected chi connectivity index (χ1v) is 9.27. The lowest BCUT2D eigenvalue weighted by atomic mass is 10.00. The van der Waals surface area contributed by atoms with E-state index in [1.165, 1.54) is 27.8 Å². The Morgan fingerprint density at radius 2 is 1.82 bits per heavy atom. The van der Waals surface area contributed by atoms with Gasteiger partial charge in [0, 0.05) is 13.1 Å². The molecule has 5 nitrogen and oxygen atoms in total. The highest BCUT2D eigenvalue weighted by atomic mass is 19.1. The summed E-state index contributed by atoms with van der Waals surface area (Å²) in [5.41, 5.74) is 4.10. The van der Waals surface area contributed by atoms with Gasteiger partial charge in [0.2, 0.25) is 5.95 Å². The maximum absolute atomic E-state index is 13.1. The molecule has 0 radical (unpaired) electrons. The van der Waals surface area contributed by atoms with Crippen LogP contribution in [-0.4, -0.2) is 27.6 Å². The number of rotatable bonds is 4. The van der Waals surface area contributed by atoms with Crippen molar-refractivity contribution in [3.8, 4) is 0 Å². The topological polar surface area (TPSA) is 51.0 Å². The van der Waals surface area contributed by atoms with Crippen molar-refractivity contribution < 1.29 is 4.39 Å². The lowest BCUT2D eigenvalue weighted by molar-refractivity contribution is 0.627. The van der Waals surface area contributed by atoms with Crippen molar-refractivity contribution in [1.29, 1.82) is 0 Å². The van der Waals surface area contributed by atoms with Gasteiger partial charge < -0.3 is 4.90 Å². The second-order valence-corrected chi connectivity index (χ2v) is 6.98. The minimum absolute atomic E-state index is 0.235. The summed E-state index contributed by atoms with van der Waals surface area (Å²) in [5.74, 6) is 0.209. The third kappa shape index (κ3) is 4.01. The van der Waals surface area contributed by atoms with Gasteiger partial charge >= 0.3 is 5.69 Å². The summed E-state index contributed by atoms with van der Waals surface area (Å²) in [7, 11) is 0. The first-order chi connectivity index (χ1) is 13.6. The molecule has 2 aromatic carbocycles. The Balaban J connectivity index is 1.47. The van der Waals surface area contributed by atoms with E-state index in [-0.39, 0.29) is 11.5 Å². The smallest absolute Gasteiger partial charge is 0.337 e. The molecule has 6 heteroatoms. The van der Waals surface area contributed by atoms with Crippen LogP contribution in [0.1, 0.15) is 23.1 Å². The SMILES string of the molecule is Cc1ccc(Cn2cnc(N3CC=C(c4ccc(F)cc4)CC3)nc2=O)cc1. The fourth-order valence-corrected chi connectivity index (χ4v) is 3.28. The second kappa shape index (κ2) is 7.76. The van der Waals surface area contributed by atoms with Gasteiger partial charge in [0.25, 0.3) is 0 Å². The fourth-order valence-electron chi connectivity index (χ4n) is 3.28. The zero-order valence-corrected chi connectivity index (χ0v) is 15.7. The highest BCUT2D eigenvalue weighted by molar-refractivity contribution is 5.68. The molecule has 3 aromatic rings. The number of hydrogen-bond donors (Lipinski definition) is 0. The van der Waals surface area contributed by atoms with Crippen LogP contribution in [0.4, 0.5) is 10.3 Å². The summed E-state index contributed by atoms with van der Waals surface area (Å²) in [6.07, 6.45) is 4.43. The van der Waals surface area contributed by atoms with Gasteiger partial charge in [-0.2, -0.15) is 4.98 Å².